The minimum atomic E-state index is -1.73. The van der Waals surface area contributed by atoms with Crippen LogP contribution in [0.25, 0.3) is 0 Å². The third kappa shape index (κ3) is 2.94. The first-order chi connectivity index (χ1) is 6.61. The van der Waals surface area contributed by atoms with E-state index in [4.69, 9.17) is 16.7 Å². The summed E-state index contributed by atoms with van der Waals surface area (Å²) in [6, 6.07) is 8.80. The summed E-state index contributed by atoms with van der Waals surface area (Å²) in [6.45, 7) is 0. The molecule has 1 unspecified atom stereocenters. The quantitative estimate of drug-likeness (QED) is 0.597. The topological polar surface area (TPSA) is 54.4 Å². The number of ketones is 2. The van der Waals surface area contributed by atoms with Crippen LogP contribution in [0.15, 0.2) is 30.3 Å². The largest absolute Gasteiger partial charge is 0.371 e. The van der Waals surface area contributed by atoms with Crippen LogP contribution >= 0.6 is 11.6 Å². The van der Waals surface area contributed by atoms with Crippen LogP contribution in [0.2, 0.25) is 0 Å². The average molecular weight is 213 g/mol. The van der Waals surface area contributed by atoms with E-state index >= 15 is 0 Å². The summed E-state index contributed by atoms with van der Waals surface area (Å²) in [4.78, 5) is 22.1. The summed E-state index contributed by atoms with van der Waals surface area (Å²) >= 11 is 5.07. The molecule has 1 aromatic carbocycles. The third-order valence-corrected chi connectivity index (χ3v) is 1.90. The highest BCUT2D eigenvalue weighted by molar-refractivity contribution is 6.48. The fraction of sp³-hybridized carbons (Fsp3) is 0.200. The summed E-state index contributed by atoms with van der Waals surface area (Å²) in [5.41, 5.74) is -1.01. The summed E-state index contributed by atoms with van der Waals surface area (Å²) in [5, 5.41) is 8.66. The summed E-state index contributed by atoms with van der Waals surface area (Å²) in [6.07, 6.45) is -0.0244. The Morgan fingerprint density at radius 1 is 1.29 bits per heavy atom. The highest BCUT2D eigenvalue weighted by atomic mass is 35.5. The lowest BCUT2D eigenvalue weighted by atomic mass is 10.1. The molecule has 0 radical (unpaired) electrons. The van der Waals surface area contributed by atoms with E-state index < -0.39 is 17.1 Å². The maximum absolute atomic E-state index is 11.2. The van der Waals surface area contributed by atoms with Crippen LogP contribution in [0.3, 0.4) is 0 Å². The molecule has 0 saturated carbocycles. The average Bonchev–Trinajstić information content (AvgIpc) is 2.18. The van der Waals surface area contributed by atoms with Gasteiger partial charge in [0.15, 0.2) is 5.56 Å². The van der Waals surface area contributed by atoms with Gasteiger partial charge in [0.25, 0.3) is 0 Å². The van der Waals surface area contributed by atoms with E-state index in [9.17, 15) is 9.59 Å². The Hall–Kier alpha value is -1.19. The highest BCUT2D eigenvalue weighted by Gasteiger charge is 2.20. The van der Waals surface area contributed by atoms with Crippen molar-refractivity contribution >= 4 is 23.2 Å². The fourth-order valence-electron chi connectivity index (χ4n) is 1.00. The zero-order chi connectivity index (χ0) is 10.6. The van der Waals surface area contributed by atoms with Crippen molar-refractivity contribution < 1.29 is 14.7 Å². The summed E-state index contributed by atoms with van der Waals surface area (Å²) < 4.78 is 0. The Kier molecular flexibility index (Phi) is 3.80. The number of rotatable bonds is 4. The summed E-state index contributed by atoms with van der Waals surface area (Å²) in [5.74, 6) is -1.64. The van der Waals surface area contributed by atoms with Crippen molar-refractivity contribution in [3.63, 3.8) is 0 Å². The standard InChI is InChI=1S/C10H9ClO3/c11-10(14)9(13)8(12)6-7-4-2-1-3-5-7/h1-5,10,14H,6H2. The van der Waals surface area contributed by atoms with Crippen LogP contribution in [0.4, 0.5) is 0 Å². The molecule has 0 amide bonds. The molecule has 4 heteroatoms. The molecule has 0 fully saturated rings. The van der Waals surface area contributed by atoms with E-state index in [2.05, 4.69) is 0 Å². The van der Waals surface area contributed by atoms with Gasteiger partial charge in [0.05, 0.1) is 0 Å². The number of hydrogen-bond donors (Lipinski definition) is 1. The minimum Gasteiger partial charge on any atom is -0.371 e. The number of aliphatic hydroxyl groups is 1. The monoisotopic (exact) mass is 212 g/mol. The molecule has 1 rings (SSSR count). The first-order valence-corrected chi connectivity index (χ1v) is 4.48. The smallest absolute Gasteiger partial charge is 0.242 e. The molecule has 0 bridgehead atoms. The van der Waals surface area contributed by atoms with E-state index in [1.54, 1.807) is 24.3 Å². The second kappa shape index (κ2) is 4.88. The maximum Gasteiger partial charge on any atom is 0.242 e. The molecule has 0 aromatic heterocycles. The number of alkyl halides is 1. The first kappa shape index (κ1) is 10.9. The lowest BCUT2D eigenvalue weighted by Crippen LogP contribution is -2.25. The Balaban J connectivity index is 2.63. The van der Waals surface area contributed by atoms with Crippen molar-refractivity contribution in [2.75, 3.05) is 0 Å². The molecule has 14 heavy (non-hydrogen) atoms. The van der Waals surface area contributed by atoms with E-state index in [1.165, 1.54) is 0 Å². The van der Waals surface area contributed by atoms with Crippen molar-refractivity contribution in [1.29, 1.82) is 0 Å². The molecule has 1 N–H and O–H groups in total. The molecule has 1 aromatic rings. The van der Waals surface area contributed by atoms with Crippen LogP contribution in [-0.4, -0.2) is 22.2 Å². The predicted molar refractivity (Wildman–Crippen MR) is 52.0 cm³/mol. The van der Waals surface area contributed by atoms with Crippen molar-refractivity contribution in [3.8, 4) is 0 Å². The van der Waals surface area contributed by atoms with Crippen LogP contribution in [0.5, 0.6) is 0 Å². The van der Waals surface area contributed by atoms with Gasteiger partial charge in [-0.05, 0) is 5.56 Å². The molecule has 74 valence electrons. The number of hydrogen-bond acceptors (Lipinski definition) is 3. The molecule has 0 aliphatic rings. The van der Waals surface area contributed by atoms with Gasteiger partial charge in [-0.15, -0.1) is 0 Å². The molecule has 3 nitrogen and oxygen atoms in total. The second-order valence-electron chi connectivity index (χ2n) is 2.79. The Morgan fingerprint density at radius 2 is 1.86 bits per heavy atom. The van der Waals surface area contributed by atoms with Crippen molar-refractivity contribution in [2.45, 2.75) is 12.0 Å². The van der Waals surface area contributed by atoms with Gasteiger partial charge in [-0.3, -0.25) is 9.59 Å². The lowest BCUT2D eigenvalue weighted by molar-refractivity contribution is -0.138. The normalized spacial score (nSPS) is 12.1. The second-order valence-corrected chi connectivity index (χ2v) is 3.20. The molecule has 0 heterocycles. The van der Waals surface area contributed by atoms with Gasteiger partial charge in [0.1, 0.15) is 0 Å². The number of halogens is 1. The first-order valence-electron chi connectivity index (χ1n) is 4.04. The number of benzene rings is 1. The molecule has 0 aliphatic carbocycles. The molecule has 0 saturated heterocycles. The SMILES string of the molecule is O=C(Cc1ccccc1)C(=O)C(O)Cl. The van der Waals surface area contributed by atoms with Gasteiger partial charge in [-0.25, -0.2) is 0 Å². The molecule has 1 atom stereocenters. The fourth-order valence-corrected chi connectivity index (χ4v) is 1.12. The maximum atomic E-state index is 11.2. The number of Topliss-reactive ketones (excluding diaryl/α,β-unsaturated/α-hetero) is 2. The lowest BCUT2D eigenvalue weighted by Gasteiger charge is -2.00. The number of aliphatic hydroxyl groups excluding tert-OH is 1. The van der Waals surface area contributed by atoms with E-state index in [0.29, 0.717) is 0 Å². The van der Waals surface area contributed by atoms with Crippen molar-refractivity contribution in [3.05, 3.63) is 35.9 Å². The van der Waals surface area contributed by atoms with Gasteiger partial charge in [-0.1, -0.05) is 41.9 Å². The number of carbonyl (C=O) groups is 2. The molecule has 0 aliphatic heterocycles. The van der Waals surface area contributed by atoms with Crippen LogP contribution in [0.1, 0.15) is 5.56 Å². The van der Waals surface area contributed by atoms with E-state index in [0.717, 1.165) is 5.56 Å². The molecular formula is C10H9ClO3. The van der Waals surface area contributed by atoms with Crippen LogP contribution < -0.4 is 0 Å². The van der Waals surface area contributed by atoms with Crippen molar-refractivity contribution in [2.24, 2.45) is 0 Å². The zero-order valence-corrected chi connectivity index (χ0v) is 8.07. The van der Waals surface area contributed by atoms with Gasteiger partial charge < -0.3 is 5.11 Å². The van der Waals surface area contributed by atoms with E-state index in [1.807, 2.05) is 6.07 Å². The van der Waals surface area contributed by atoms with Crippen LogP contribution in [-0.2, 0) is 16.0 Å². The van der Waals surface area contributed by atoms with Crippen molar-refractivity contribution in [1.82, 2.24) is 0 Å². The van der Waals surface area contributed by atoms with Crippen LogP contribution in [0, 0.1) is 0 Å². The summed E-state index contributed by atoms with van der Waals surface area (Å²) in [7, 11) is 0. The Labute approximate surface area is 86.3 Å². The predicted octanol–water partition coefficient (Wildman–Crippen LogP) is 0.924. The van der Waals surface area contributed by atoms with Gasteiger partial charge in [0.2, 0.25) is 11.6 Å². The molecule has 0 spiro atoms. The van der Waals surface area contributed by atoms with Gasteiger partial charge in [0, 0.05) is 6.42 Å². The Bertz CT molecular complexity index is 332. The van der Waals surface area contributed by atoms with Gasteiger partial charge in [-0.2, -0.15) is 0 Å². The number of carbonyl (C=O) groups excluding carboxylic acids is 2. The third-order valence-electron chi connectivity index (χ3n) is 1.70. The molecular weight excluding hydrogens is 204 g/mol. The Morgan fingerprint density at radius 3 is 2.36 bits per heavy atom. The van der Waals surface area contributed by atoms with Gasteiger partial charge >= 0.3 is 0 Å². The zero-order valence-electron chi connectivity index (χ0n) is 7.31. The minimum absolute atomic E-state index is 0.0244. The highest BCUT2D eigenvalue weighted by Crippen LogP contribution is 2.03. The van der Waals surface area contributed by atoms with E-state index in [-0.39, 0.29) is 6.42 Å².